The molecule has 3 aromatic rings. The molecule has 1 aromatic heterocycles. The first-order valence-corrected chi connectivity index (χ1v) is 7.12. The molecule has 2 aromatic carbocycles. The van der Waals surface area contributed by atoms with Crippen molar-refractivity contribution in [3.63, 3.8) is 0 Å². The molecule has 1 atom stereocenters. The number of nitrogens with one attached hydrogen (secondary N) is 1. The van der Waals surface area contributed by atoms with Crippen LogP contribution < -0.4 is 5.32 Å². The maximum atomic E-state index is 4.48. The first kappa shape index (κ1) is 13.6. The number of hydrogen-bond donors (Lipinski definition) is 1. The van der Waals surface area contributed by atoms with Gasteiger partial charge >= 0.3 is 0 Å². The molecule has 0 radical (unpaired) electrons. The van der Waals surface area contributed by atoms with Crippen LogP contribution in [0.3, 0.4) is 0 Å². The van der Waals surface area contributed by atoms with Gasteiger partial charge in [-0.05, 0) is 31.7 Å². The molecule has 0 spiro atoms. The fourth-order valence-corrected chi connectivity index (χ4v) is 2.58. The van der Waals surface area contributed by atoms with E-state index in [-0.39, 0.29) is 6.04 Å². The highest BCUT2D eigenvalue weighted by Crippen LogP contribution is 2.22. The van der Waals surface area contributed by atoms with E-state index in [0.717, 1.165) is 11.3 Å². The maximum absolute atomic E-state index is 4.48. The zero-order valence-corrected chi connectivity index (χ0v) is 12.3. The van der Waals surface area contributed by atoms with Crippen LogP contribution in [0.2, 0.25) is 0 Å². The topological polar surface area (TPSA) is 29.9 Å². The van der Waals surface area contributed by atoms with Crippen molar-refractivity contribution in [1.82, 2.24) is 15.1 Å². The summed E-state index contributed by atoms with van der Waals surface area (Å²) < 4.78 is 1.91. The lowest BCUT2D eigenvalue weighted by molar-refractivity contribution is 0.691. The highest BCUT2D eigenvalue weighted by Gasteiger charge is 2.14. The summed E-state index contributed by atoms with van der Waals surface area (Å²) in [5.41, 5.74) is 4.75. The largest absolute Gasteiger partial charge is 0.309 e. The number of aromatic nitrogens is 2. The second-order valence-corrected chi connectivity index (χ2v) is 5.19. The van der Waals surface area contributed by atoms with Crippen molar-refractivity contribution >= 4 is 0 Å². The van der Waals surface area contributed by atoms with E-state index in [1.807, 2.05) is 36.1 Å². The molecule has 0 aliphatic heterocycles. The quantitative estimate of drug-likeness (QED) is 0.791. The van der Waals surface area contributed by atoms with Gasteiger partial charge in [0.05, 0.1) is 17.9 Å². The Morgan fingerprint density at radius 3 is 2.52 bits per heavy atom. The molecule has 3 heteroatoms. The Morgan fingerprint density at radius 2 is 1.81 bits per heavy atom. The highest BCUT2D eigenvalue weighted by molar-refractivity contribution is 5.35. The van der Waals surface area contributed by atoms with Crippen molar-refractivity contribution in [2.45, 2.75) is 13.0 Å². The van der Waals surface area contributed by atoms with Crippen molar-refractivity contribution in [1.29, 1.82) is 0 Å². The van der Waals surface area contributed by atoms with E-state index in [1.165, 1.54) is 11.1 Å². The number of para-hydroxylation sites is 1. The molecule has 0 amide bonds. The summed E-state index contributed by atoms with van der Waals surface area (Å²) in [7, 11) is 1.98. The number of aryl methyl sites for hydroxylation is 1. The number of rotatable bonds is 4. The zero-order chi connectivity index (χ0) is 14.7. The Morgan fingerprint density at radius 1 is 1.00 bits per heavy atom. The second kappa shape index (κ2) is 5.94. The summed E-state index contributed by atoms with van der Waals surface area (Å²) in [6.45, 7) is 2.11. The lowest BCUT2D eigenvalue weighted by Gasteiger charge is -2.15. The van der Waals surface area contributed by atoms with Crippen LogP contribution in [0.5, 0.6) is 0 Å². The molecule has 0 bridgehead atoms. The van der Waals surface area contributed by atoms with E-state index in [9.17, 15) is 0 Å². The minimum absolute atomic E-state index is 0.155. The molecular formula is C18H19N3. The molecule has 1 heterocycles. The standard InChI is InChI=1S/C18H19N3/c1-14-7-6-8-15(11-14)18(19-2)16-12-20-21(13-16)17-9-4-3-5-10-17/h3-13,18-19H,1-2H3. The van der Waals surface area contributed by atoms with Crippen LogP contribution in [-0.2, 0) is 0 Å². The molecule has 0 fully saturated rings. The molecule has 0 aliphatic carbocycles. The molecule has 0 saturated carbocycles. The fourth-order valence-electron chi connectivity index (χ4n) is 2.58. The summed E-state index contributed by atoms with van der Waals surface area (Å²) in [5, 5.41) is 7.85. The summed E-state index contributed by atoms with van der Waals surface area (Å²) in [6, 6.07) is 18.9. The van der Waals surface area contributed by atoms with Gasteiger partial charge in [0, 0.05) is 11.8 Å². The minimum atomic E-state index is 0.155. The van der Waals surface area contributed by atoms with Crippen LogP contribution in [0.1, 0.15) is 22.7 Å². The maximum Gasteiger partial charge on any atom is 0.0645 e. The van der Waals surface area contributed by atoms with Gasteiger partial charge < -0.3 is 5.32 Å². The Balaban J connectivity index is 1.94. The van der Waals surface area contributed by atoms with E-state index < -0.39 is 0 Å². The van der Waals surface area contributed by atoms with E-state index in [4.69, 9.17) is 0 Å². The predicted octanol–water partition coefficient (Wildman–Crippen LogP) is 3.49. The van der Waals surface area contributed by atoms with E-state index >= 15 is 0 Å². The molecule has 0 aliphatic rings. The average Bonchev–Trinajstić information content (AvgIpc) is 2.99. The molecule has 1 N–H and O–H groups in total. The van der Waals surface area contributed by atoms with Crippen LogP contribution in [0.4, 0.5) is 0 Å². The van der Waals surface area contributed by atoms with Crippen LogP contribution >= 0.6 is 0 Å². The monoisotopic (exact) mass is 277 g/mol. The molecule has 106 valence electrons. The molecule has 3 nitrogen and oxygen atoms in total. The summed E-state index contributed by atoms with van der Waals surface area (Å²) >= 11 is 0. The van der Waals surface area contributed by atoms with Crippen molar-refractivity contribution < 1.29 is 0 Å². The van der Waals surface area contributed by atoms with E-state index in [2.05, 4.69) is 59.9 Å². The SMILES string of the molecule is CNC(c1cccc(C)c1)c1cnn(-c2ccccc2)c1. The Labute approximate surface area is 125 Å². The normalized spacial score (nSPS) is 12.3. The summed E-state index contributed by atoms with van der Waals surface area (Å²) in [4.78, 5) is 0. The number of benzene rings is 2. The first-order valence-electron chi connectivity index (χ1n) is 7.12. The molecule has 0 saturated heterocycles. The van der Waals surface area contributed by atoms with E-state index in [0.29, 0.717) is 0 Å². The van der Waals surface area contributed by atoms with Gasteiger partial charge in [-0.15, -0.1) is 0 Å². The Hall–Kier alpha value is -2.39. The fraction of sp³-hybridized carbons (Fsp3) is 0.167. The van der Waals surface area contributed by atoms with Gasteiger partial charge in [-0.3, -0.25) is 0 Å². The van der Waals surface area contributed by atoms with Crippen molar-refractivity contribution in [2.24, 2.45) is 0 Å². The lowest BCUT2D eigenvalue weighted by atomic mass is 10.0. The van der Waals surface area contributed by atoms with Crippen LogP contribution in [0, 0.1) is 6.92 Å². The minimum Gasteiger partial charge on any atom is -0.309 e. The smallest absolute Gasteiger partial charge is 0.0645 e. The van der Waals surface area contributed by atoms with Crippen LogP contribution in [0.15, 0.2) is 67.0 Å². The number of nitrogens with zero attached hydrogens (tertiary/aromatic N) is 2. The van der Waals surface area contributed by atoms with E-state index in [1.54, 1.807) is 0 Å². The van der Waals surface area contributed by atoms with Gasteiger partial charge in [0.25, 0.3) is 0 Å². The van der Waals surface area contributed by atoms with Crippen molar-refractivity contribution in [3.05, 3.63) is 83.7 Å². The first-order chi connectivity index (χ1) is 10.3. The van der Waals surface area contributed by atoms with Crippen LogP contribution in [-0.4, -0.2) is 16.8 Å². The van der Waals surface area contributed by atoms with Crippen molar-refractivity contribution in [3.8, 4) is 5.69 Å². The summed E-state index contributed by atoms with van der Waals surface area (Å²) in [5.74, 6) is 0. The van der Waals surface area contributed by atoms with Gasteiger partial charge in [-0.1, -0.05) is 48.0 Å². The number of hydrogen-bond acceptors (Lipinski definition) is 2. The van der Waals surface area contributed by atoms with Gasteiger partial charge in [-0.25, -0.2) is 4.68 Å². The highest BCUT2D eigenvalue weighted by atomic mass is 15.3. The molecule has 3 rings (SSSR count). The average molecular weight is 277 g/mol. The molecule has 21 heavy (non-hydrogen) atoms. The molecule has 1 unspecified atom stereocenters. The predicted molar refractivity (Wildman–Crippen MR) is 85.6 cm³/mol. The van der Waals surface area contributed by atoms with Crippen LogP contribution in [0.25, 0.3) is 5.69 Å². The van der Waals surface area contributed by atoms with Crippen molar-refractivity contribution in [2.75, 3.05) is 7.05 Å². The third-order valence-electron chi connectivity index (χ3n) is 3.62. The van der Waals surface area contributed by atoms with Gasteiger partial charge in [0.15, 0.2) is 0 Å². The third kappa shape index (κ3) is 2.88. The Kier molecular flexibility index (Phi) is 3.84. The van der Waals surface area contributed by atoms with Gasteiger partial charge in [0.1, 0.15) is 0 Å². The van der Waals surface area contributed by atoms with Gasteiger partial charge in [0.2, 0.25) is 0 Å². The lowest BCUT2D eigenvalue weighted by Crippen LogP contribution is -2.17. The second-order valence-electron chi connectivity index (χ2n) is 5.19. The molecular weight excluding hydrogens is 258 g/mol. The van der Waals surface area contributed by atoms with Gasteiger partial charge in [-0.2, -0.15) is 5.10 Å². The Bertz CT molecular complexity index is 716. The third-order valence-corrected chi connectivity index (χ3v) is 3.62. The zero-order valence-electron chi connectivity index (χ0n) is 12.3. The summed E-state index contributed by atoms with van der Waals surface area (Å²) in [6.07, 6.45) is 4.01.